The van der Waals surface area contributed by atoms with Crippen LogP contribution in [-0.2, 0) is 16.3 Å². The molecule has 0 spiro atoms. The van der Waals surface area contributed by atoms with E-state index in [1.54, 1.807) is 37.9 Å². The van der Waals surface area contributed by atoms with Gasteiger partial charge in [-0.3, -0.25) is 0 Å². The van der Waals surface area contributed by atoms with Gasteiger partial charge in [0.05, 0.1) is 41.4 Å². The molecule has 3 aromatic heterocycles. The SMILES string of the molecule is COc1ccc(CN=S2(=O)CCN(c3ccc(-c4nc(OCC(C)(C)O)cn5ncc(C#N)c45)cn3)CC2)cc1. The van der Waals surface area contributed by atoms with Gasteiger partial charge in [0.2, 0.25) is 5.88 Å². The van der Waals surface area contributed by atoms with E-state index in [2.05, 4.69) is 30.4 Å². The van der Waals surface area contributed by atoms with Crippen LogP contribution in [0.1, 0.15) is 25.0 Å². The van der Waals surface area contributed by atoms with Gasteiger partial charge >= 0.3 is 0 Å². The van der Waals surface area contributed by atoms with Gasteiger partial charge in [-0.25, -0.2) is 23.1 Å². The molecule has 208 valence electrons. The van der Waals surface area contributed by atoms with Gasteiger partial charge in [-0.2, -0.15) is 10.4 Å². The Morgan fingerprint density at radius 3 is 2.52 bits per heavy atom. The minimum Gasteiger partial charge on any atom is -0.497 e. The Balaban J connectivity index is 1.32. The molecule has 4 aromatic rings. The number of nitrogens with zero attached hydrogens (tertiary/aromatic N) is 7. The Morgan fingerprint density at radius 2 is 1.90 bits per heavy atom. The molecule has 0 saturated carbocycles. The Labute approximate surface area is 233 Å². The third kappa shape index (κ3) is 6.16. The number of aromatic nitrogens is 4. The highest BCUT2D eigenvalue weighted by Gasteiger charge is 2.22. The van der Waals surface area contributed by atoms with Gasteiger partial charge < -0.3 is 19.5 Å². The molecule has 12 heteroatoms. The van der Waals surface area contributed by atoms with E-state index in [1.165, 1.54) is 6.20 Å². The molecule has 11 nitrogen and oxygen atoms in total. The van der Waals surface area contributed by atoms with Crippen molar-refractivity contribution in [1.29, 1.82) is 5.26 Å². The summed E-state index contributed by atoms with van der Waals surface area (Å²) >= 11 is 0. The van der Waals surface area contributed by atoms with Crippen molar-refractivity contribution in [3.8, 4) is 29.0 Å². The van der Waals surface area contributed by atoms with Crippen LogP contribution in [0.5, 0.6) is 11.6 Å². The average molecular weight is 562 g/mol. The summed E-state index contributed by atoms with van der Waals surface area (Å²) in [6, 6.07) is 13.6. The maximum atomic E-state index is 13.3. The summed E-state index contributed by atoms with van der Waals surface area (Å²) in [6.07, 6.45) is 4.76. The minimum atomic E-state index is -2.30. The van der Waals surface area contributed by atoms with Gasteiger partial charge in [-0.1, -0.05) is 12.1 Å². The lowest BCUT2D eigenvalue weighted by Crippen LogP contribution is -2.40. The lowest BCUT2D eigenvalue weighted by atomic mass is 10.1. The quantitative estimate of drug-likeness (QED) is 0.343. The van der Waals surface area contributed by atoms with Crippen molar-refractivity contribution >= 4 is 21.1 Å². The molecule has 1 aliphatic heterocycles. The maximum absolute atomic E-state index is 13.3. The van der Waals surface area contributed by atoms with E-state index in [1.807, 2.05) is 36.4 Å². The van der Waals surface area contributed by atoms with Crippen LogP contribution in [0.4, 0.5) is 5.82 Å². The van der Waals surface area contributed by atoms with Gasteiger partial charge in [0.15, 0.2) is 0 Å². The minimum absolute atomic E-state index is 0.0407. The zero-order chi connectivity index (χ0) is 28.3. The van der Waals surface area contributed by atoms with E-state index < -0.39 is 15.3 Å². The number of anilines is 1. The molecule has 5 rings (SSSR count). The van der Waals surface area contributed by atoms with Crippen molar-refractivity contribution in [3.05, 3.63) is 66.1 Å². The molecule has 1 N–H and O–H groups in total. The molecule has 1 saturated heterocycles. The van der Waals surface area contributed by atoms with Crippen molar-refractivity contribution in [2.45, 2.75) is 26.0 Å². The second kappa shape index (κ2) is 11.1. The third-order valence-electron chi connectivity index (χ3n) is 6.52. The lowest BCUT2D eigenvalue weighted by Gasteiger charge is -2.29. The van der Waals surface area contributed by atoms with Gasteiger partial charge in [0, 0.05) is 36.4 Å². The summed E-state index contributed by atoms with van der Waals surface area (Å²) in [4.78, 5) is 11.4. The van der Waals surface area contributed by atoms with E-state index >= 15 is 0 Å². The molecule has 0 amide bonds. The number of ether oxygens (including phenoxy) is 2. The lowest BCUT2D eigenvalue weighted by molar-refractivity contribution is 0.0267. The summed E-state index contributed by atoms with van der Waals surface area (Å²) in [6.45, 7) is 4.91. The fraction of sp³-hybridized carbons (Fsp3) is 0.357. The molecule has 0 unspecified atom stereocenters. The monoisotopic (exact) mass is 561 g/mol. The summed E-state index contributed by atoms with van der Waals surface area (Å²) in [5.74, 6) is 2.75. The molecule has 40 heavy (non-hydrogen) atoms. The van der Waals surface area contributed by atoms with Gasteiger partial charge in [-0.05, 0) is 43.7 Å². The predicted octanol–water partition coefficient (Wildman–Crippen LogP) is 3.31. The molecule has 1 aromatic carbocycles. The van der Waals surface area contributed by atoms with Crippen LogP contribution >= 0.6 is 0 Å². The van der Waals surface area contributed by atoms with Gasteiger partial charge in [0.1, 0.15) is 41.0 Å². The second-order valence-corrected chi connectivity index (χ2v) is 12.8. The number of benzene rings is 1. The largest absolute Gasteiger partial charge is 0.497 e. The van der Waals surface area contributed by atoms with Crippen molar-refractivity contribution in [2.75, 3.05) is 43.2 Å². The normalized spacial score (nSPS) is 15.0. The highest BCUT2D eigenvalue weighted by molar-refractivity contribution is 7.93. The molecule has 0 aliphatic carbocycles. The zero-order valence-corrected chi connectivity index (χ0v) is 23.5. The number of pyridine rings is 1. The summed E-state index contributed by atoms with van der Waals surface area (Å²) in [5.41, 5.74) is 2.07. The fourth-order valence-electron chi connectivity index (χ4n) is 4.31. The standard InChI is InChI=1S/C28H31N7O4S/c1-28(2,36)19-39-25-18-35-27(22(14-29)17-31-35)26(33-25)21-6-9-24(30-16-21)34-10-12-40(37,13-11-34)32-15-20-4-7-23(38-3)8-5-20/h4-9,16-18,36H,10-13,15,19H2,1-3H3. The highest BCUT2D eigenvalue weighted by atomic mass is 32.2. The van der Waals surface area contributed by atoms with Crippen LogP contribution < -0.4 is 14.4 Å². The highest BCUT2D eigenvalue weighted by Crippen LogP contribution is 2.29. The maximum Gasteiger partial charge on any atom is 0.233 e. The average Bonchev–Trinajstić information content (AvgIpc) is 3.38. The number of hydrogen-bond acceptors (Lipinski definition) is 10. The van der Waals surface area contributed by atoms with E-state index in [-0.39, 0.29) is 12.5 Å². The zero-order valence-electron chi connectivity index (χ0n) is 22.6. The molecule has 1 aliphatic rings. The Hall–Kier alpha value is -4.21. The van der Waals surface area contributed by atoms with E-state index in [4.69, 9.17) is 9.47 Å². The Kier molecular flexibility index (Phi) is 7.60. The van der Waals surface area contributed by atoms with Crippen LogP contribution in [0.2, 0.25) is 0 Å². The van der Waals surface area contributed by atoms with Crippen LogP contribution in [-0.4, -0.2) is 72.8 Å². The molecule has 0 bridgehead atoms. The van der Waals surface area contributed by atoms with E-state index in [0.717, 1.165) is 17.1 Å². The number of hydrogen-bond donors (Lipinski definition) is 1. The molecular formula is C28H31N7O4S. The van der Waals surface area contributed by atoms with Crippen LogP contribution in [0.15, 0.2) is 59.4 Å². The predicted molar refractivity (Wildman–Crippen MR) is 152 cm³/mol. The Bertz CT molecular complexity index is 1650. The third-order valence-corrected chi connectivity index (χ3v) is 8.76. The number of methoxy groups -OCH3 is 1. The topological polar surface area (TPSA) is 138 Å². The molecule has 1 fully saturated rings. The molecular weight excluding hydrogens is 530 g/mol. The van der Waals surface area contributed by atoms with Gasteiger partial charge in [0.25, 0.3) is 0 Å². The summed E-state index contributed by atoms with van der Waals surface area (Å²) in [5, 5.41) is 23.9. The van der Waals surface area contributed by atoms with E-state index in [0.29, 0.717) is 53.5 Å². The first-order valence-corrected chi connectivity index (χ1v) is 14.7. The number of aliphatic hydroxyl groups is 1. The van der Waals surface area contributed by atoms with Crippen molar-refractivity contribution in [2.24, 2.45) is 4.36 Å². The second-order valence-electron chi connectivity index (χ2n) is 10.2. The van der Waals surface area contributed by atoms with Crippen molar-refractivity contribution in [1.82, 2.24) is 19.6 Å². The number of rotatable bonds is 8. The smallest absolute Gasteiger partial charge is 0.233 e. The Morgan fingerprint density at radius 1 is 1.15 bits per heavy atom. The number of fused-ring (bicyclic) bond motifs is 1. The van der Waals surface area contributed by atoms with Crippen LogP contribution in [0.25, 0.3) is 16.8 Å². The first-order chi connectivity index (χ1) is 19.2. The molecule has 0 radical (unpaired) electrons. The van der Waals surface area contributed by atoms with Crippen molar-refractivity contribution in [3.63, 3.8) is 0 Å². The molecule has 0 atom stereocenters. The summed E-state index contributed by atoms with van der Waals surface area (Å²) in [7, 11) is -0.675. The first kappa shape index (κ1) is 27.4. The van der Waals surface area contributed by atoms with Crippen LogP contribution in [0.3, 0.4) is 0 Å². The van der Waals surface area contributed by atoms with E-state index in [9.17, 15) is 14.6 Å². The summed E-state index contributed by atoms with van der Waals surface area (Å²) < 4.78 is 30.3. The molecule has 4 heterocycles. The number of nitriles is 1. The van der Waals surface area contributed by atoms with Crippen molar-refractivity contribution < 1.29 is 18.8 Å². The van der Waals surface area contributed by atoms with Crippen LogP contribution in [0, 0.1) is 11.3 Å². The first-order valence-electron chi connectivity index (χ1n) is 12.8. The van der Waals surface area contributed by atoms with Gasteiger partial charge in [-0.15, -0.1) is 0 Å². The fourth-order valence-corrected chi connectivity index (χ4v) is 6.17.